The number of hydrogen-bond acceptors (Lipinski definition) is 4. The molecule has 2 heterocycles. The molecule has 2 aromatic heterocycles. The van der Waals surface area contributed by atoms with Crippen molar-refractivity contribution in [2.24, 2.45) is 0 Å². The molecule has 0 aliphatic rings. The molecule has 0 aliphatic carbocycles. The highest BCUT2D eigenvalue weighted by molar-refractivity contribution is 7.89. The number of sulfonamides is 1. The van der Waals surface area contributed by atoms with Gasteiger partial charge in [-0.3, -0.25) is 9.97 Å². The van der Waals surface area contributed by atoms with Crippen LogP contribution in [-0.4, -0.2) is 22.7 Å². The van der Waals surface area contributed by atoms with E-state index in [9.17, 15) is 8.42 Å². The van der Waals surface area contributed by atoms with Gasteiger partial charge in [0, 0.05) is 22.8 Å². The van der Waals surface area contributed by atoms with Gasteiger partial charge < -0.3 is 0 Å². The van der Waals surface area contributed by atoms with Gasteiger partial charge in [0.15, 0.2) is 0 Å². The molecule has 2 aromatic carbocycles. The van der Waals surface area contributed by atoms with Crippen molar-refractivity contribution < 1.29 is 8.42 Å². The van der Waals surface area contributed by atoms with Gasteiger partial charge in [0.25, 0.3) is 0 Å². The Balaban J connectivity index is 1.83. The van der Waals surface area contributed by atoms with Crippen molar-refractivity contribution in [3.05, 3.63) is 102 Å². The van der Waals surface area contributed by atoms with Crippen molar-refractivity contribution in [2.45, 2.75) is 18.0 Å². The molecule has 29 heavy (non-hydrogen) atoms. The van der Waals surface area contributed by atoms with Gasteiger partial charge in [-0.1, -0.05) is 48.0 Å². The summed E-state index contributed by atoms with van der Waals surface area (Å²) >= 11 is 6.39. The van der Waals surface area contributed by atoms with Crippen LogP contribution in [0.3, 0.4) is 0 Å². The minimum absolute atomic E-state index is 0.126. The molecule has 0 spiro atoms. The third kappa shape index (κ3) is 4.15. The van der Waals surface area contributed by atoms with E-state index in [0.29, 0.717) is 21.8 Å². The van der Waals surface area contributed by atoms with Gasteiger partial charge >= 0.3 is 0 Å². The van der Waals surface area contributed by atoms with Crippen LogP contribution in [0.25, 0.3) is 10.8 Å². The van der Waals surface area contributed by atoms with Crippen LogP contribution in [0, 0.1) is 0 Å². The quantitative estimate of drug-likeness (QED) is 0.452. The smallest absolute Gasteiger partial charge is 0.244 e. The molecule has 0 fully saturated rings. The number of aromatic nitrogens is 2. The Kier molecular flexibility index (Phi) is 5.58. The summed E-state index contributed by atoms with van der Waals surface area (Å²) in [6.45, 7) is 0.251. The Hall–Kier alpha value is -2.80. The molecule has 0 radical (unpaired) electrons. The van der Waals surface area contributed by atoms with E-state index in [1.54, 1.807) is 60.9 Å². The summed E-state index contributed by atoms with van der Waals surface area (Å²) in [4.78, 5) is 8.76. The van der Waals surface area contributed by atoms with Crippen LogP contribution in [0.1, 0.15) is 11.4 Å². The second kappa shape index (κ2) is 8.29. The SMILES string of the molecule is O=S(=O)(c1cccc2cccc(Cl)c12)N(Cc1ccccn1)Cc1ccccn1. The van der Waals surface area contributed by atoms with Gasteiger partial charge in [0.2, 0.25) is 10.0 Å². The van der Waals surface area contributed by atoms with E-state index in [-0.39, 0.29) is 18.0 Å². The van der Waals surface area contributed by atoms with E-state index in [4.69, 9.17) is 11.6 Å². The number of rotatable bonds is 6. The molecule has 0 saturated heterocycles. The molecule has 5 nitrogen and oxygen atoms in total. The first-order chi connectivity index (χ1) is 14.1. The highest BCUT2D eigenvalue weighted by atomic mass is 35.5. The first kappa shape index (κ1) is 19.5. The van der Waals surface area contributed by atoms with E-state index >= 15 is 0 Å². The molecule has 0 saturated carbocycles. The first-order valence-electron chi connectivity index (χ1n) is 9.03. The molecule has 0 bridgehead atoms. The number of benzene rings is 2. The van der Waals surface area contributed by atoms with E-state index in [2.05, 4.69) is 9.97 Å². The van der Waals surface area contributed by atoms with Gasteiger partial charge in [-0.2, -0.15) is 4.31 Å². The second-order valence-electron chi connectivity index (χ2n) is 6.51. The van der Waals surface area contributed by atoms with Crippen LogP contribution in [0.2, 0.25) is 5.02 Å². The molecule has 4 aromatic rings. The normalized spacial score (nSPS) is 11.8. The van der Waals surface area contributed by atoms with Crippen molar-refractivity contribution in [3.63, 3.8) is 0 Å². The highest BCUT2D eigenvalue weighted by Crippen LogP contribution is 2.32. The Bertz CT molecular complexity index is 1190. The lowest BCUT2D eigenvalue weighted by Crippen LogP contribution is -2.31. The maximum Gasteiger partial charge on any atom is 0.244 e. The van der Waals surface area contributed by atoms with Crippen molar-refractivity contribution in [1.82, 2.24) is 14.3 Å². The Morgan fingerprint density at radius 1 is 0.759 bits per heavy atom. The highest BCUT2D eigenvalue weighted by Gasteiger charge is 2.28. The van der Waals surface area contributed by atoms with Crippen LogP contribution in [0.5, 0.6) is 0 Å². The van der Waals surface area contributed by atoms with Gasteiger partial charge in [0.1, 0.15) is 0 Å². The average Bonchev–Trinajstić information content (AvgIpc) is 2.74. The van der Waals surface area contributed by atoms with E-state index < -0.39 is 10.0 Å². The zero-order valence-electron chi connectivity index (χ0n) is 15.4. The van der Waals surface area contributed by atoms with Gasteiger partial charge in [-0.15, -0.1) is 0 Å². The lowest BCUT2D eigenvalue weighted by molar-refractivity contribution is 0.393. The van der Waals surface area contributed by atoms with E-state index in [0.717, 1.165) is 5.39 Å². The summed E-state index contributed by atoms with van der Waals surface area (Å²) in [6.07, 6.45) is 3.30. The predicted molar refractivity (Wildman–Crippen MR) is 114 cm³/mol. The number of pyridine rings is 2. The largest absolute Gasteiger partial charge is 0.260 e. The van der Waals surface area contributed by atoms with E-state index in [1.165, 1.54) is 4.31 Å². The molecule has 4 rings (SSSR count). The van der Waals surface area contributed by atoms with Crippen LogP contribution in [0.15, 0.2) is 90.1 Å². The average molecular weight is 424 g/mol. The third-order valence-corrected chi connectivity index (χ3v) is 6.71. The summed E-state index contributed by atoms with van der Waals surface area (Å²) in [6, 6.07) is 21.4. The van der Waals surface area contributed by atoms with Gasteiger partial charge in [0.05, 0.1) is 29.4 Å². The summed E-state index contributed by atoms with van der Waals surface area (Å²) in [5, 5.41) is 1.69. The van der Waals surface area contributed by atoms with Crippen LogP contribution >= 0.6 is 11.6 Å². The minimum Gasteiger partial charge on any atom is -0.260 e. The molecular formula is C22H18ClN3O2S. The molecule has 7 heteroatoms. The van der Waals surface area contributed by atoms with Crippen molar-refractivity contribution in [2.75, 3.05) is 0 Å². The van der Waals surface area contributed by atoms with Crippen molar-refractivity contribution in [1.29, 1.82) is 0 Å². The first-order valence-corrected chi connectivity index (χ1v) is 10.8. The molecule has 0 aliphatic heterocycles. The standard InChI is InChI=1S/C22H18ClN3O2S/c23-20-11-5-7-17-8-6-12-21(22(17)20)29(27,28)26(15-18-9-1-3-13-24-18)16-19-10-2-4-14-25-19/h1-14H,15-16H2. The van der Waals surface area contributed by atoms with Gasteiger partial charge in [-0.25, -0.2) is 8.42 Å². The third-order valence-electron chi connectivity index (χ3n) is 4.56. The lowest BCUT2D eigenvalue weighted by Gasteiger charge is -2.23. The molecule has 146 valence electrons. The summed E-state index contributed by atoms with van der Waals surface area (Å²) in [5.41, 5.74) is 1.30. The Morgan fingerprint density at radius 2 is 1.34 bits per heavy atom. The number of halogens is 1. The number of fused-ring (bicyclic) bond motifs is 1. The fraction of sp³-hybridized carbons (Fsp3) is 0.0909. The fourth-order valence-electron chi connectivity index (χ4n) is 3.19. The Labute approximate surface area is 174 Å². The van der Waals surface area contributed by atoms with Crippen LogP contribution in [-0.2, 0) is 23.1 Å². The molecule has 0 N–H and O–H groups in total. The fourth-order valence-corrected chi connectivity index (χ4v) is 5.15. The predicted octanol–water partition coefficient (Wildman–Crippen LogP) is 4.67. The maximum atomic E-state index is 13.7. The van der Waals surface area contributed by atoms with Gasteiger partial charge in [-0.05, 0) is 41.8 Å². The summed E-state index contributed by atoms with van der Waals surface area (Å²) < 4.78 is 28.8. The van der Waals surface area contributed by atoms with Crippen molar-refractivity contribution >= 4 is 32.4 Å². The second-order valence-corrected chi connectivity index (χ2v) is 8.82. The summed E-state index contributed by atoms with van der Waals surface area (Å²) in [5.74, 6) is 0. The monoisotopic (exact) mass is 423 g/mol. The van der Waals surface area contributed by atoms with Crippen LogP contribution < -0.4 is 0 Å². The lowest BCUT2D eigenvalue weighted by atomic mass is 10.1. The number of hydrogen-bond donors (Lipinski definition) is 0. The zero-order valence-corrected chi connectivity index (χ0v) is 17.0. The molecule has 0 amide bonds. The molecule has 0 atom stereocenters. The zero-order chi connectivity index (χ0) is 20.3. The number of nitrogens with zero attached hydrogens (tertiary/aromatic N) is 3. The topological polar surface area (TPSA) is 63.2 Å². The molecular weight excluding hydrogens is 406 g/mol. The Morgan fingerprint density at radius 3 is 1.90 bits per heavy atom. The van der Waals surface area contributed by atoms with Crippen molar-refractivity contribution in [3.8, 4) is 0 Å². The maximum absolute atomic E-state index is 13.7. The summed E-state index contributed by atoms with van der Waals surface area (Å²) in [7, 11) is -3.88. The van der Waals surface area contributed by atoms with Crippen LogP contribution in [0.4, 0.5) is 0 Å². The van der Waals surface area contributed by atoms with E-state index in [1.807, 2.05) is 24.3 Å². The minimum atomic E-state index is -3.88. The molecule has 0 unspecified atom stereocenters.